The molecule has 3 aromatic rings. The van der Waals surface area contributed by atoms with Gasteiger partial charge in [-0.3, -0.25) is 14.5 Å². The van der Waals surface area contributed by atoms with Crippen LogP contribution in [0.3, 0.4) is 0 Å². The van der Waals surface area contributed by atoms with E-state index >= 15 is 0 Å². The van der Waals surface area contributed by atoms with Crippen molar-refractivity contribution in [2.24, 2.45) is 0 Å². The summed E-state index contributed by atoms with van der Waals surface area (Å²) >= 11 is 0. The highest BCUT2D eigenvalue weighted by Gasteiger charge is 2.47. The topological polar surface area (TPSA) is 87.7 Å². The van der Waals surface area contributed by atoms with E-state index in [2.05, 4.69) is 10.6 Å². The van der Waals surface area contributed by atoms with Crippen LogP contribution in [0.15, 0.2) is 72.8 Å². The van der Waals surface area contributed by atoms with Crippen molar-refractivity contribution in [3.05, 3.63) is 101 Å². The Hall–Kier alpha value is -4.20. The van der Waals surface area contributed by atoms with Gasteiger partial charge in [0.1, 0.15) is 5.82 Å². The highest BCUT2D eigenvalue weighted by Crippen LogP contribution is 2.35. The molecule has 1 heterocycles. The van der Waals surface area contributed by atoms with Crippen molar-refractivity contribution in [1.82, 2.24) is 10.2 Å². The standard InChI is InChI=1S/C28H26FN3O4/c1-17-6-8-18(9-7-17)16-32-24(27(34)31-21-14-15-21)25(36-28(32)35)19-10-12-20(13-11-19)30-26(33)22-4-2-3-5-23(22)29/h2-13,21,24-25H,14-16H2,1H3,(H,30,33)(H,31,34)/t24-,25-/m1/s1. The predicted molar refractivity (Wildman–Crippen MR) is 132 cm³/mol. The second kappa shape index (κ2) is 9.81. The fourth-order valence-electron chi connectivity index (χ4n) is 4.21. The number of carbonyl (C=O) groups is 3. The van der Waals surface area contributed by atoms with Gasteiger partial charge in [-0.1, -0.05) is 54.1 Å². The molecule has 1 saturated carbocycles. The summed E-state index contributed by atoms with van der Waals surface area (Å²) in [5.41, 5.74) is 3.01. The smallest absolute Gasteiger partial charge is 0.411 e. The molecule has 1 aliphatic carbocycles. The van der Waals surface area contributed by atoms with Crippen molar-refractivity contribution >= 4 is 23.6 Å². The first-order valence-electron chi connectivity index (χ1n) is 11.9. The third kappa shape index (κ3) is 5.07. The number of hydrogen-bond donors (Lipinski definition) is 2. The zero-order valence-corrected chi connectivity index (χ0v) is 19.7. The van der Waals surface area contributed by atoms with Crippen LogP contribution in [0.5, 0.6) is 0 Å². The van der Waals surface area contributed by atoms with Crippen molar-refractivity contribution in [2.45, 2.75) is 44.5 Å². The number of rotatable bonds is 7. The highest BCUT2D eigenvalue weighted by molar-refractivity contribution is 6.04. The third-order valence-corrected chi connectivity index (χ3v) is 6.37. The average molecular weight is 488 g/mol. The maximum atomic E-state index is 13.9. The van der Waals surface area contributed by atoms with E-state index in [9.17, 15) is 18.8 Å². The molecule has 5 rings (SSSR count). The number of halogens is 1. The number of cyclic esters (lactones) is 1. The fraction of sp³-hybridized carbons (Fsp3) is 0.250. The van der Waals surface area contributed by atoms with Crippen LogP contribution in [-0.2, 0) is 16.1 Å². The van der Waals surface area contributed by atoms with E-state index in [-0.39, 0.29) is 24.1 Å². The molecule has 1 saturated heterocycles. The van der Waals surface area contributed by atoms with Crippen molar-refractivity contribution in [1.29, 1.82) is 0 Å². The minimum Gasteiger partial charge on any atom is -0.438 e. The molecule has 184 valence electrons. The van der Waals surface area contributed by atoms with Crippen LogP contribution in [0, 0.1) is 12.7 Å². The molecular formula is C28H26FN3O4. The molecule has 0 aromatic heterocycles. The molecule has 0 unspecified atom stereocenters. The summed E-state index contributed by atoms with van der Waals surface area (Å²) in [6, 6.07) is 19.5. The monoisotopic (exact) mass is 487 g/mol. The fourth-order valence-corrected chi connectivity index (χ4v) is 4.21. The van der Waals surface area contributed by atoms with Crippen LogP contribution >= 0.6 is 0 Å². The normalized spacial score (nSPS) is 19.1. The molecule has 0 bridgehead atoms. The Balaban J connectivity index is 1.36. The second-order valence-corrected chi connectivity index (χ2v) is 9.20. The summed E-state index contributed by atoms with van der Waals surface area (Å²) in [4.78, 5) is 40.0. The average Bonchev–Trinajstić information content (AvgIpc) is 3.62. The minimum absolute atomic E-state index is 0.0603. The number of anilines is 1. The lowest BCUT2D eigenvalue weighted by Crippen LogP contribution is -2.46. The lowest BCUT2D eigenvalue weighted by atomic mass is 10.00. The Morgan fingerprint density at radius 2 is 1.69 bits per heavy atom. The van der Waals surface area contributed by atoms with Gasteiger partial charge in [-0.25, -0.2) is 9.18 Å². The largest absolute Gasteiger partial charge is 0.438 e. The van der Waals surface area contributed by atoms with Gasteiger partial charge < -0.3 is 15.4 Å². The maximum absolute atomic E-state index is 13.9. The molecule has 2 N–H and O–H groups in total. The van der Waals surface area contributed by atoms with Gasteiger partial charge >= 0.3 is 6.09 Å². The first-order valence-corrected chi connectivity index (χ1v) is 11.9. The third-order valence-electron chi connectivity index (χ3n) is 6.37. The molecule has 0 radical (unpaired) electrons. The zero-order chi connectivity index (χ0) is 25.2. The van der Waals surface area contributed by atoms with Crippen molar-refractivity contribution < 1.29 is 23.5 Å². The van der Waals surface area contributed by atoms with Crippen molar-refractivity contribution in [3.63, 3.8) is 0 Å². The van der Waals surface area contributed by atoms with Gasteiger partial charge in [-0.15, -0.1) is 0 Å². The van der Waals surface area contributed by atoms with Crippen LogP contribution in [-0.4, -0.2) is 34.9 Å². The van der Waals surface area contributed by atoms with E-state index in [4.69, 9.17) is 4.74 Å². The molecule has 8 heteroatoms. The minimum atomic E-state index is -0.835. The number of hydrogen-bond acceptors (Lipinski definition) is 4. The van der Waals surface area contributed by atoms with Crippen LogP contribution in [0.1, 0.15) is 46.0 Å². The summed E-state index contributed by atoms with van der Waals surface area (Å²) in [7, 11) is 0. The second-order valence-electron chi connectivity index (χ2n) is 9.20. The van der Waals surface area contributed by atoms with Crippen molar-refractivity contribution in [2.75, 3.05) is 5.32 Å². The van der Waals surface area contributed by atoms with E-state index in [0.29, 0.717) is 11.3 Å². The molecular weight excluding hydrogens is 461 g/mol. The zero-order valence-electron chi connectivity index (χ0n) is 19.7. The van der Waals surface area contributed by atoms with Crippen LogP contribution in [0.4, 0.5) is 14.9 Å². The Kier molecular flexibility index (Phi) is 6.41. The lowest BCUT2D eigenvalue weighted by Gasteiger charge is -2.24. The number of aryl methyl sites for hydroxylation is 1. The van der Waals surface area contributed by atoms with Gasteiger partial charge in [0.2, 0.25) is 5.91 Å². The van der Waals surface area contributed by atoms with E-state index < -0.39 is 30.0 Å². The van der Waals surface area contributed by atoms with E-state index in [0.717, 1.165) is 24.0 Å². The molecule has 2 aliphatic rings. The highest BCUT2D eigenvalue weighted by atomic mass is 19.1. The molecule has 0 spiro atoms. The maximum Gasteiger partial charge on any atom is 0.411 e. The van der Waals surface area contributed by atoms with Crippen LogP contribution < -0.4 is 10.6 Å². The molecule has 2 fully saturated rings. The Labute approximate surface area is 208 Å². The number of nitrogens with zero attached hydrogens (tertiary/aromatic N) is 1. The molecule has 3 aromatic carbocycles. The summed E-state index contributed by atoms with van der Waals surface area (Å²) in [6.07, 6.45) is 0.477. The van der Waals surface area contributed by atoms with E-state index in [1.54, 1.807) is 30.3 Å². The van der Waals surface area contributed by atoms with Gasteiger partial charge in [-0.2, -0.15) is 0 Å². The van der Waals surface area contributed by atoms with Crippen LogP contribution in [0.2, 0.25) is 0 Å². The molecule has 1 aliphatic heterocycles. The first kappa shape index (κ1) is 23.5. The molecule has 2 atom stereocenters. The number of benzene rings is 3. The number of ether oxygens (including phenoxy) is 1. The van der Waals surface area contributed by atoms with Gasteiger partial charge in [-0.05, 0) is 55.2 Å². The van der Waals surface area contributed by atoms with E-state index in [1.165, 1.54) is 23.1 Å². The number of amides is 3. The summed E-state index contributed by atoms with van der Waals surface area (Å²) < 4.78 is 19.6. The number of carbonyl (C=O) groups excluding carboxylic acids is 3. The molecule has 3 amide bonds. The lowest BCUT2D eigenvalue weighted by molar-refractivity contribution is -0.126. The van der Waals surface area contributed by atoms with Crippen LogP contribution in [0.25, 0.3) is 0 Å². The van der Waals surface area contributed by atoms with Gasteiger partial charge in [0, 0.05) is 11.7 Å². The Bertz CT molecular complexity index is 1290. The predicted octanol–water partition coefficient (Wildman–Crippen LogP) is 4.73. The quantitative estimate of drug-likeness (QED) is 0.505. The summed E-state index contributed by atoms with van der Waals surface area (Å²) in [5.74, 6) is -1.43. The van der Waals surface area contributed by atoms with Gasteiger partial charge in [0.25, 0.3) is 5.91 Å². The first-order chi connectivity index (χ1) is 17.4. The Morgan fingerprint density at radius 3 is 2.36 bits per heavy atom. The number of nitrogens with one attached hydrogen (secondary N) is 2. The summed E-state index contributed by atoms with van der Waals surface area (Å²) in [5, 5.41) is 5.66. The molecule has 36 heavy (non-hydrogen) atoms. The van der Waals surface area contributed by atoms with Gasteiger partial charge in [0.05, 0.1) is 12.1 Å². The van der Waals surface area contributed by atoms with E-state index in [1.807, 2.05) is 31.2 Å². The SMILES string of the molecule is Cc1ccc(CN2C(=O)O[C@H](c3ccc(NC(=O)c4ccccc4F)cc3)[C@@H]2C(=O)NC2CC2)cc1. The van der Waals surface area contributed by atoms with Crippen molar-refractivity contribution in [3.8, 4) is 0 Å². The van der Waals surface area contributed by atoms with Gasteiger partial charge in [0.15, 0.2) is 12.1 Å². The summed E-state index contributed by atoms with van der Waals surface area (Å²) in [6.45, 7) is 2.23. The Morgan fingerprint density at radius 1 is 1.00 bits per heavy atom. The molecule has 7 nitrogen and oxygen atoms in total.